The molecule has 0 bridgehead atoms. The van der Waals surface area contributed by atoms with Gasteiger partial charge in [-0.1, -0.05) is 19.1 Å². The number of hydrogen-bond donors (Lipinski definition) is 1. The highest BCUT2D eigenvalue weighted by Gasteiger charge is 2.07. The minimum atomic E-state index is 0.0554. The van der Waals surface area contributed by atoms with E-state index in [9.17, 15) is 0 Å². The smallest absolute Gasteiger partial charge is 0.119 e. The Kier molecular flexibility index (Phi) is 4.79. The van der Waals surface area contributed by atoms with Gasteiger partial charge in [-0.15, -0.1) is 0 Å². The molecule has 1 heterocycles. The SMILES string of the molecule is CCCOc1ccc(C(N)Cc2ccsc2)cc1. The minimum absolute atomic E-state index is 0.0554. The van der Waals surface area contributed by atoms with Crippen molar-refractivity contribution in [3.8, 4) is 5.75 Å². The summed E-state index contributed by atoms with van der Waals surface area (Å²) < 4.78 is 5.56. The molecule has 2 rings (SSSR count). The van der Waals surface area contributed by atoms with E-state index in [1.807, 2.05) is 12.1 Å². The lowest BCUT2D eigenvalue weighted by Gasteiger charge is -2.12. The van der Waals surface area contributed by atoms with Gasteiger partial charge >= 0.3 is 0 Å². The molecule has 0 radical (unpaired) electrons. The summed E-state index contributed by atoms with van der Waals surface area (Å²) >= 11 is 1.71. The van der Waals surface area contributed by atoms with E-state index in [1.165, 1.54) is 5.56 Å². The maximum atomic E-state index is 6.20. The molecule has 1 atom stereocenters. The van der Waals surface area contributed by atoms with Crippen LogP contribution < -0.4 is 10.5 Å². The molecule has 0 amide bonds. The van der Waals surface area contributed by atoms with Crippen LogP contribution in [0.3, 0.4) is 0 Å². The first kappa shape index (κ1) is 13.1. The number of ether oxygens (including phenoxy) is 1. The van der Waals surface area contributed by atoms with Gasteiger partial charge < -0.3 is 10.5 Å². The van der Waals surface area contributed by atoms with E-state index in [-0.39, 0.29) is 6.04 Å². The summed E-state index contributed by atoms with van der Waals surface area (Å²) in [6.45, 7) is 2.87. The van der Waals surface area contributed by atoms with Crippen LogP contribution in [0.25, 0.3) is 0 Å². The average Bonchev–Trinajstić information content (AvgIpc) is 2.89. The monoisotopic (exact) mass is 261 g/mol. The van der Waals surface area contributed by atoms with E-state index in [0.717, 1.165) is 30.8 Å². The highest BCUT2D eigenvalue weighted by Crippen LogP contribution is 2.20. The number of benzene rings is 1. The summed E-state index contributed by atoms with van der Waals surface area (Å²) in [6.07, 6.45) is 1.91. The second-order valence-corrected chi connectivity index (χ2v) is 5.14. The molecule has 1 aromatic carbocycles. The highest BCUT2D eigenvalue weighted by atomic mass is 32.1. The molecular formula is C15H19NOS. The Bertz CT molecular complexity index is 450. The molecular weight excluding hydrogens is 242 g/mol. The van der Waals surface area contributed by atoms with Crippen LogP contribution >= 0.6 is 11.3 Å². The molecule has 0 fully saturated rings. The lowest BCUT2D eigenvalue weighted by Crippen LogP contribution is -2.12. The Morgan fingerprint density at radius 3 is 2.61 bits per heavy atom. The maximum Gasteiger partial charge on any atom is 0.119 e. The predicted octanol–water partition coefficient (Wildman–Crippen LogP) is 3.78. The molecule has 1 unspecified atom stereocenters. The minimum Gasteiger partial charge on any atom is -0.494 e. The molecule has 96 valence electrons. The molecule has 2 N–H and O–H groups in total. The first-order chi connectivity index (χ1) is 8.79. The summed E-state index contributed by atoms with van der Waals surface area (Å²) in [5, 5.41) is 4.24. The van der Waals surface area contributed by atoms with Crippen molar-refractivity contribution in [2.45, 2.75) is 25.8 Å². The number of thiophene rings is 1. The first-order valence-corrected chi connectivity index (χ1v) is 7.23. The van der Waals surface area contributed by atoms with E-state index in [2.05, 4.69) is 35.9 Å². The van der Waals surface area contributed by atoms with Crippen molar-refractivity contribution in [3.05, 3.63) is 52.2 Å². The summed E-state index contributed by atoms with van der Waals surface area (Å²) in [5.74, 6) is 0.920. The molecule has 0 saturated carbocycles. The van der Waals surface area contributed by atoms with E-state index in [1.54, 1.807) is 11.3 Å². The molecule has 3 heteroatoms. The summed E-state index contributed by atoms with van der Waals surface area (Å²) in [4.78, 5) is 0. The summed E-state index contributed by atoms with van der Waals surface area (Å²) in [5.41, 5.74) is 8.66. The lowest BCUT2D eigenvalue weighted by atomic mass is 10.0. The number of hydrogen-bond acceptors (Lipinski definition) is 3. The van der Waals surface area contributed by atoms with Gasteiger partial charge in [0, 0.05) is 6.04 Å². The van der Waals surface area contributed by atoms with E-state index < -0.39 is 0 Å². The molecule has 2 aromatic rings. The molecule has 0 aliphatic carbocycles. The van der Waals surface area contributed by atoms with Gasteiger partial charge in [0.05, 0.1) is 6.61 Å². The van der Waals surface area contributed by atoms with Gasteiger partial charge in [-0.3, -0.25) is 0 Å². The Morgan fingerprint density at radius 2 is 2.00 bits per heavy atom. The van der Waals surface area contributed by atoms with E-state index in [0.29, 0.717) is 0 Å². The Hall–Kier alpha value is -1.32. The van der Waals surface area contributed by atoms with Crippen molar-refractivity contribution in [1.82, 2.24) is 0 Å². The quantitative estimate of drug-likeness (QED) is 0.859. The van der Waals surface area contributed by atoms with Crippen molar-refractivity contribution in [2.75, 3.05) is 6.61 Å². The van der Waals surface area contributed by atoms with Crippen LogP contribution in [-0.2, 0) is 6.42 Å². The molecule has 0 aliphatic rings. The van der Waals surface area contributed by atoms with Gasteiger partial charge in [-0.2, -0.15) is 11.3 Å². The van der Waals surface area contributed by atoms with Gasteiger partial charge in [0.2, 0.25) is 0 Å². The Balaban J connectivity index is 1.96. The topological polar surface area (TPSA) is 35.2 Å². The fourth-order valence-corrected chi connectivity index (χ4v) is 2.49. The van der Waals surface area contributed by atoms with Gasteiger partial charge in [-0.25, -0.2) is 0 Å². The Morgan fingerprint density at radius 1 is 1.22 bits per heavy atom. The molecule has 18 heavy (non-hydrogen) atoms. The molecule has 0 spiro atoms. The molecule has 2 nitrogen and oxygen atoms in total. The normalized spacial score (nSPS) is 12.3. The molecule has 0 aliphatic heterocycles. The lowest BCUT2D eigenvalue weighted by molar-refractivity contribution is 0.317. The van der Waals surface area contributed by atoms with Crippen LogP contribution in [0.15, 0.2) is 41.1 Å². The summed E-state index contributed by atoms with van der Waals surface area (Å²) in [6, 6.07) is 10.3. The van der Waals surface area contributed by atoms with Crippen molar-refractivity contribution >= 4 is 11.3 Å². The first-order valence-electron chi connectivity index (χ1n) is 6.29. The zero-order chi connectivity index (χ0) is 12.8. The number of nitrogens with two attached hydrogens (primary N) is 1. The predicted molar refractivity (Wildman–Crippen MR) is 77.2 cm³/mol. The maximum absolute atomic E-state index is 6.20. The van der Waals surface area contributed by atoms with E-state index in [4.69, 9.17) is 10.5 Å². The van der Waals surface area contributed by atoms with Gasteiger partial charge in [0.15, 0.2) is 0 Å². The fraction of sp³-hybridized carbons (Fsp3) is 0.333. The van der Waals surface area contributed by atoms with E-state index >= 15 is 0 Å². The largest absolute Gasteiger partial charge is 0.494 e. The van der Waals surface area contributed by atoms with Crippen LogP contribution in [0.5, 0.6) is 5.75 Å². The van der Waals surface area contributed by atoms with Gasteiger partial charge in [0.1, 0.15) is 5.75 Å². The second-order valence-electron chi connectivity index (χ2n) is 4.36. The zero-order valence-electron chi connectivity index (χ0n) is 10.6. The van der Waals surface area contributed by atoms with Crippen molar-refractivity contribution in [1.29, 1.82) is 0 Å². The average molecular weight is 261 g/mol. The second kappa shape index (κ2) is 6.57. The standard InChI is InChI=1S/C15H19NOS/c1-2-8-17-14-5-3-13(4-6-14)15(16)10-12-7-9-18-11-12/h3-7,9,11,15H,2,8,10,16H2,1H3. The third-order valence-corrected chi connectivity index (χ3v) is 3.55. The van der Waals surface area contributed by atoms with Crippen LogP contribution in [0, 0.1) is 0 Å². The van der Waals surface area contributed by atoms with Crippen molar-refractivity contribution in [2.24, 2.45) is 5.73 Å². The van der Waals surface area contributed by atoms with Crippen LogP contribution in [-0.4, -0.2) is 6.61 Å². The zero-order valence-corrected chi connectivity index (χ0v) is 11.5. The molecule has 1 aromatic heterocycles. The Labute approximate surface area is 112 Å². The third kappa shape index (κ3) is 3.59. The summed E-state index contributed by atoms with van der Waals surface area (Å²) in [7, 11) is 0. The van der Waals surface area contributed by atoms with Crippen LogP contribution in [0.4, 0.5) is 0 Å². The third-order valence-electron chi connectivity index (χ3n) is 2.82. The van der Waals surface area contributed by atoms with Crippen molar-refractivity contribution in [3.63, 3.8) is 0 Å². The van der Waals surface area contributed by atoms with Crippen molar-refractivity contribution < 1.29 is 4.74 Å². The fourth-order valence-electron chi connectivity index (χ4n) is 1.81. The van der Waals surface area contributed by atoms with Crippen LogP contribution in [0.2, 0.25) is 0 Å². The van der Waals surface area contributed by atoms with Crippen LogP contribution in [0.1, 0.15) is 30.5 Å². The van der Waals surface area contributed by atoms with Gasteiger partial charge in [-0.05, 0) is 52.9 Å². The number of rotatable bonds is 6. The molecule has 0 saturated heterocycles. The highest BCUT2D eigenvalue weighted by molar-refractivity contribution is 7.07. The van der Waals surface area contributed by atoms with Gasteiger partial charge in [0.25, 0.3) is 0 Å².